The van der Waals surface area contributed by atoms with Gasteiger partial charge in [-0.05, 0) is 24.3 Å². The van der Waals surface area contributed by atoms with Gasteiger partial charge in [-0.2, -0.15) is 5.10 Å². The third-order valence-corrected chi connectivity index (χ3v) is 5.66. The number of anilines is 1. The Kier molecular flexibility index (Phi) is 3.78. The highest BCUT2D eigenvalue weighted by atomic mass is 32.2. The van der Waals surface area contributed by atoms with Crippen molar-refractivity contribution in [2.24, 2.45) is 0 Å². The highest BCUT2D eigenvalue weighted by Gasteiger charge is 2.17. The summed E-state index contributed by atoms with van der Waals surface area (Å²) in [5.41, 5.74) is 1.34. The summed E-state index contributed by atoms with van der Waals surface area (Å²) in [7, 11) is -3.64. The molecule has 0 unspecified atom stereocenters. The first kappa shape index (κ1) is 14.5. The van der Waals surface area contributed by atoms with E-state index in [2.05, 4.69) is 14.9 Å². The van der Waals surface area contributed by atoms with Crippen molar-refractivity contribution in [3.05, 3.63) is 64.3 Å². The summed E-state index contributed by atoms with van der Waals surface area (Å²) < 4.78 is 27.3. The second kappa shape index (κ2) is 5.74. The van der Waals surface area contributed by atoms with E-state index >= 15 is 0 Å². The van der Waals surface area contributed by atoms with Crippen LogP contribution in [-0.4, -0.2) is 18.6 Å². The number of nitrogens with one attached hydrogen (secondary N) is 2. The summed E-state index contributed by atoms with van der Waals surface area (Å²) in [4.78, 5) is 11.0. The molecule has 0 atom stereocenters. The van der Waals surface area contributed by atoms with Gasteiger partial charge in [0.15, 0.2) is 0 Å². The molecule has 0 aliphatic heterocycles. The van der Waals surface area contributed by atoms with E-state index in [-0.39, 0.29) is 9.77 Å². The molecule has 2 N–H and O–H groups in total. The fourth-order valence-corrected chi connectivity index (χ4v) is 4.04. The highest BCUT2D eigenvalue weighted by Crippen LogP contribution is 2.28. The summed E-state index contributed by atoms with van der Waals surface area (Å²) in [5, 5.41) is 7.88. The summed E-state index contributed by atoms with van der Waals surface area (Å²) in [5.74, 6) is 0. The minimum absolute atomic E-state index is 0.180. The number of aromatic nitrogens is 2. The minimum atomic E-state index is -3.64. The first-order valence-electron chi connectivity index (χ1n) is 6.27. The van der Waals surface area contributed by atoms with E-state index in [1.165, 1.54) is 12.1 Å². The molecule has 0 amide bonds. The van der Waals surface area contributed by atoms with E-state index in [0.717, 1.165) is 11.3 Å². The monoisotopic (exact) mass is 333 g/mol. The number of aromatic amines is 1. The quantitative estimate of drug-likeness (QED) is 0.766. The number of H-pyrrole nitrogens is 1. The molecular weight excluding hydrogens is 322 g/mol. The Hall–Kier alpha value is -2.45. The van der Waals surface area contributed by atoms with Crippen molar-refractivity contribution in [1.82, 2.24) is 10.2 Å². The molecule has 2 heterocycles. The van der Waals surface area contributed by atoms with Crippen LogP contribution in [0.1, 0.15) is 0 Å². The van der Waals surface area contributed by atoms with Gasteiger partial charge in [0, 0.05) is 22.7 Å². The standard InChI is InChI=1S/C14H11N3O3S2/c18-13-7-6-12(15-16-13)10-8-14(21-9-10)22(19,20)17-11-4-2-1-3-5-11/h1-9,17H,(H,16,18). The van der Waals surface area contributed by atoms with Gasteiger partial charge in [0.05, 0.1) is 5.69 Å². The average molecular weight is 333 g/mol. The van der Waals surface area contributed by atoms with Gasteiger partial charge >= 0.3 is 0 Å². The number of rotatable bonds is 4. The van der Waals surface area contributed by atoms with Crippen molar-refractivity contribution in [3.8, 4) is 11.3 Å². The summed E-state index contributed by atoms with van der Waals surface area (Å²) in [6, 6.07) is 13.1. The van der Waals surface area contributed by atoms with Crippen molar-refractivity contribution in [2.45, 2.75) is 4.21 Å². The van der Waals surface area contributed by atoms with Gasteiger partial charge in [0.2, 0.25) is 0 Å². The van der Waals surface area contributed by atoms with Gasteiger partial charge in [-0.15, -0.1) is 11.3 Å². The topological polar surface area (TPSA) is 91.9 Å². The molecule has 0 aliphatic rings. The molecule has 3 aromatic rings. The van der Waals surface area contributed by atoms with Crippen LogP contribution in [0.2, 0.25) is 0 Å². The lowest BCUT2D eigenvalue weighted by atomic mass is 10.2. The molecule has 0 fully saturated rings. The maximum absolute atomic E-state index is 12.3. The van der Waals surface area contributed by atoms with E-state index in [1.54, 1.807) is 35.7 Å². The summed E-state index contributed by atoms with van der Waals surface area (Å²) in [6.45, 7) is 0. The molecule has 3 rings (SSSR count). The van der Waals surface area contributed by atoms with E-state index in [1.807, 2.05) is 6.07 Å². The molecular formula is C14H11N3O3S2. The van der Waals surface area contributed by atoms with Gasteiger partial charge in [0.25, 0.3) is 15.6 Å². The molecule has 1 aromatic carbocycles. The predicted molar refractivity (Wildman–Crippen MR) is 85.4 cm³/mol. The van der Waals surface area contributed by atoms with Crippen LogP contribution in [0.3, 0.4) is 0 Å². The SMILES string of the molecule is O=c1ccc(-c2csc(S(=O)(=O)Nc3ccccc3)c2)n[nH]1. The molecule has 8 heteroatoms. The minimum Gasteiger partial charge on any atom is -0.279 e. The molecule has 0 radical (unpaired) electrons. The second-order valence-electron chi connectivity index (χ2n) is 4.43. The van der Waals surface area contributed by atoms with Crippen LogP contribution in [-0.2, 0) is 10.0 Å². The van der Waals surface area contributed by atoms with Crippen molar-refractivity contribution < 1.29 is 8.42 Å². The number of benzene rings is 1. The zero-order valence-corrected chi connectivity index (χ0v) is 12.8. The van der Waals surface area contributed by atoms with Crippen molar-refractivity contribution in [1.29, 1.82) is 0 Å². The van der Waals surface area contributed by atoms with Crippen LogP contribution in [0.15, 0.2) is 62.9 Å². The Labute approximate surface area is 130 Å². The zero-order valence-electron chi connectivity index (χ0n) is 11.2. The van der Waals surface area contributed by atoms with Crippen LogP contribution >= 0.6 is 11.3 Å². The maximum atomic E-state index is 12.3. The van der Waals surface area contributed by atoms with E-state index in [4.69, 9.17) is 0 Å². The summed E-state index contributed by atoms with van der Waals surface area (Å²) >= 11 is 1.09. The van der Waals surface area contributed by atoms with Crippen LogP contribution in [0.5, 0.6) is 0 Å². The van der Waals surface area contributed by atoms with Crippen LogP contribution in [0.25, 0.3) is 11.3 Å². The fraction of sp³-hybridized carbons (Fsp3) is 0. The summed E-state index contributed by atoms with van der Waals surface area (Å²) in [6.07, 6.45) is 0. The molecule has 0 bridgehead atoms. The Morgan fingerprint density at radius 1 is 1.09 bits per heavy atom. The largest absolute Gasteiger partial charge is 0.279 e. The molecule has 6 nitrogen and oxygen atoms in total. The number of para-hydroxylation sites is 1. The number of hydrogen-bond donors (Lipinski definition) is 2. The van der Waals surface area contributed by atoms with Gasteiger partial charge < -0.3 is 0 Å². The lowest BCUT2D eigenvalue weighted by molar-refractivity contribution is 0.603. The predicted octanol–water partition coefficient (Wildman–Crippen LogP) is 2.30. The average Bonchev–Trinajstić information content (AvgIpc) is 2.99. The van der Waals surface area contributed by atoms with Crippen LogP contribution in [0, 0.1) is 0 Å². The molecule has 0 saturated heterocycles. The number of sulfonamides is 1. The normalized spacial score (nSPS) is 11.3. The molecule has 0 saturated carbocycles. The smallest absolute Gasteiger partial charge is 0.271 e. The zero-order chi connectivity index (χ0) is 15.6. The molecule has 112 valence electrons. The first-order valence-corrected chi connectivity index (χ1v) is 8.63. The number of hydrogen-bond acceptors (Lipinski definition) is 5. The van der Waals surface area contributed by atoms with Gasteiger partial charge in [0.1, 0.15) is 4.21 Å². The lowest BCUT2D eigenvalue weighted by Crippen LogP contribution is -2.11. The Morgan fingerprint density at radius 3 is 2.55 bits per heavy atom. The fourth-order valence-electron chi connectivity index (χ4n) is 1.81. The Bertz CT molecular complexity index is 926. The first-order chi connectivity index (χ1) is 10.5. The number of nitrogens with zero attached hydrogens (tertiary/aromatic N) is 1. The third-order valence-electron chi connectivity index (χ3n) is 2.84. The highest BCUT2D eigenvalue weighted by molar-refractivity contribution is 7.94. The molecule has 0 spiro atoms. The van der Waals surface area contributed by atoms with Gasteiger partial charge in [-0.1, -0.05) is 18.2 Å². The van der Waals surface area contributed by atoms with Gasteiger partial charge in [-0.25, -0.2) is 13.5 Å². The Balaban J connectivity index is 1.89. The van der Waals surface area contributed by atoms with Crippen molar-refractivity contribution in [3.63, 3.8) is 0 Å². The lowest BCUT2D eigenvalue weighted by Gasteiger charge is -2.05. The third kappa shape index (κ3) is 3.07. The molecule has 22 heavy (non-hydrogen) atoms. The van der Waals surface area contributed by atoms with Crippen LogP contribution < -0.4 is 10.3 Å². The van der Waals surface area contributed by atoms with E-state index in [9.17, 15) is 13.2 Å². The van der Waals surface area contributed by atoms with Crippen molar-refractivity contribution >= 4 is 27.0 Å². The Morgan fingerprint density at radius 2 is 1.86 bits per heavy atom. The molecule has 0 aliphatic carbocycles. The molecule has 2 aromatic heterocycles. The number of thiophene rings is 1. The van der Waals surface area contributed by atoms with E-state index in [0.29, 0.717) is 16.9 Å². The maximum Gasteiger partial charge on any atom is 0.271 e. The van der Waals surface area contributed by atoms with Crippen LogP contribution in [0.4, 0.5) is 5.69 Å². The van der Waals surface area contributed by atoms with E-state index < -0.39 is 10.0 Å². The van der Waals surface area contributed by atoms with Crippen molar-refractivity contribution in [2.75, 3.05) is 4.72 Å². The van der Waals surface area contributed by atoms with Gasteiger partial charge in [-0.3, -0.25) is 9.52 Å². The second-order valence-corrected chi connectivity index (χ2v) is 7.25.